The minimum Gasteiger partial charge on any atom is -0.481 e. The van der Waals surface area contributed by atoms with Crippen LogP contribution < -0.4 is 21.7 Å². The van der Waals surface area contributed by atoms with Gasteiger partial charge in [0.05, 0.1) is 160 Å². The second-order valence-electron chi connectivity index (χ2n) is 32.7. The average molecular weight is 1670 g/mol. The number of halogens is 6. The molecule has 29 nitrogen and oxygen atoms in total. The fraction of sp³-hybridized carbons (Fsp3) is 0.321. The van der Waals surface area contributed by atoms with Crippen molar-refractivity contribution >= 4 is 97.9 Å². The second-order valence-corrected chi connectivity index (χ2v) is 33.9. The van der Waals surface area contributed by atoms with Crippen molar-refractivity contribution < 1.29 is 42.3 Å². The molecule has 3 aliphatic carbocycles. The molecule has 0 spiro atoms. The summed E-state index contributed by atoms with van der Waals surface area (Å²) in [7, 11) is 0. The lowest BCUT2D eigenvalue weighted by Crippen LogP contribution is -2.33. The molecule has 18 rings (SSSR count). The summed E-state index contributed by atoms with van der Waals surface area (Å²) in [5.41, 5.74) is 17.6. The SMILES string of the molecule is CC(C)(C#N)Cc1cc(C2CC2)cn2cc(Cn3cc(C(=O)NCc4ncn5ccc(Cl)c(F)c45)cn3)nc12.CC(C)(Cc1cc(C2CC2)cn2cc(Cn3cc(C(=O)NCc4ncn5ccc(Cl)c(F)c45)cn3)nc12)C(=O)O.CC(C)(Cc1cc(C2CC2)cn2cc(Cn3cc(C(=O)NCc4ncn5ccc(Cl)c(F)c45)cn3)nc12)C(N)=O. The summed E-state index contributed by atoms with van der Waals surface area (Å²) < 4.78 is 58.9. The number of carboxylic acids is 1. The number of nitrogens with two attached hydrogens (primary N) is 1. The van der Waals surface area contributed by atoms with Crippen molar-refractivity contribution in [2.45, 2.75) is 156 Å². The highest BCUT2D eigenvalue weighted by molar-refractivity contribution is 6.31. The van der Waals surface area contributed by atoms with Crippen molar-refractivity contribution in [3.8, 4) is 6.07 Å². The predicted octanol–water partition coefficient (Wildman–Crippen LogP) is 13.3. The first kappa shape index (κ1) is 80.1. The summed E-state index contributed by atoms with van der Waals surface area (Å²) in [6.07, 6.45) is 39.1. The predicted molar refractivity (Wildman–Crippen MR) is 434 cm³/mol. The first-order valence-corrected chi connectivity index (χ1v) is 39.8. The molecule has 3 saturated carbocycles. The van der Waals surface area contributed by atoms with E-state index >= 15 is 0 Å². The van der Waals surface area contributed by atoms with Gasteiger partial charge in [-0.1, -0.05) is 66.8 Å². The van der Waals surface area contributed by atoms with Gasteiger partial charge < -0.3 is 53.2 Å². The number of carbonyl (C=O) groups excluding carboxylic acids is 4. The monoisotopic (exact) mass is 1670 g/mol. The van der Waals surface area contributed by atoms with Crippen molar-refractivity contribution in [2.24, 2.45) is 22.0 Å². The number of hydrogen-bond acceptors (Lipinski definition) is 15. The van der Waals surface area contributed by atoms with E-state index in [0.717, 1.165) is 76.4 Å². The van der Waals surface area contributed by atoms with Gasteiger partial charge in [0.2, 0.25) is 5.91 Å². The molecule has 15 aromatic heterocycles. The van der Waals surface area contributed by atoms with Gasteiger partial charge in [-0.05, 0) is 155 Å². The van der Waals surface area contributed by atoms with Crippen molar-refractivity contribution in [2.75, 3.05) is 0 Å². The van der Waals surface area contributed by atoms with Crippen molar-refractivity contribution in [3.05, 3.63) is 265 Å². The van der Waals surface area contributed by atoms with Crippen LogP contribution in [0.1, 0.15) is 196 Å². The number of amides is 4. The lowest BCUT2D eigenvalue weighted by atomic mass is 9.85. The number of nitrogens with zero attached hydrogens (tertiary/aromatic N) is 19. The lowest BCUT2D eigenvalue weighted by molar-refractivity contribution is -0.146. The summed E-state index contributed by atoms with van der Waals surface area (Å²) in [5, 5.41) is 40.5. The molecule has 0 radical (unpaired) electrons. The van der Waals surface area contributed by atoms with Crippen LogP contribution in [0, 0.1) is 45.0 Å². The van der Waals surface area contributed by atoms with E-state index in [4.69, 9.17) is 55.5 Å². The second kappa shape index (κ2) is 31.9. The molecule has 610 valence electrons. The smallest absolute Gasteiger partial charge is 0.309 e. The van der Waals surface area contributed by atoms with Crippen LogP contribution in [0.4, 0.5) is 13.2 Å². The maximum absolute atomic E-state index is 14.5. The summed E-state index contributed by atoms with van der Waals surface area (Å²) in [5.74, 6) is -2.45. The molecule has 3 fully saturated rings. The number of pyridine rings is 6. The fourth-order valence-corrected chi connectivity index (χ4v) is 15.0. The molecule has 6 N–H and O–H groups in total. The van der Waals surface area contributed by atoms with Crippen LogP contribution in [0.3, 0.4) is 0 Å². The number of carbonyl (C=O) groups is 5. The van der Waals surface area contributed by atoms with E-state index in [0.29, 0.717) is 90.4 Å². The normalized spacial score (nSPS) is 13.8. The zero-order valence-electron chi connectivity index (χ0n) is 65.5. The largest absolute Gasteiger partial charge is 0.481 e. The van der Waals surface area contributed by atoms with Crippen LogP contribution in [-0.2, 0) is 68.1 Å². The van der Waals surface area contributed by atoms with Gasteiger partial charge in [-0.2, -0.15) is 20.6 Å². The first-order chi connectivity index (χ1) is 56.9. The van der Waals surface area contributed by atoms with E-state index in [-0.39, 0.29) is 74.9 Å². The summed E-state index contributed by atoms with van der Waals surface area (Å²) in [6, 6.07) is 13.2. The quantitative estimate of drug-likeness (QED) is 0.0336. The Kier molecular flexibility index (Phi) is 21.5. The zero-order valence-corrected chi connectivity index (χ0v) is 67.8. The number of rotatable bonds is 26. The topological polar surface area (TPSA) is 349 Å². The van der Waals surface area contributed by atoms with Gasteiger partial charge in [0.1, 0.15) is 33.5 Å². The van der Waals surface area contributed by atoms with Crippen LogP contribution in [0.2, 0.25) is 15.1 Å². The van der Waals surface area contributed by atoms with Gasteiger partial charge in [-0.3, -0.25) is 38.0 Å². The molecule has 15 heterocycles. The summed E-state index contributed by atoms with van der Waals surface area (Å²) in [6.45, 7) is 12.1. The maximum atomic E-state index is 14.5. The van der Waals surface area contributed by atoms with Crippen molar-refractivity contribution in [1.29, 1.82) is 5.26 Å². The Morgan fingerprint density at radius 2 is 0.790 bits per heavy atom. The van der Waals surface area contributed by atoms with Crippen molar-refractivity contribution in [3.63, 3.8) is 0 Å². The van der Waals surface area contributed by atoms with E-state index in [1.807, 2.05) is 59.5 Å². The third kappa shape index (κ3) is 17.4. The Bertz CT molecular complexity index is 6310. The fourth-order valence-electron chi connectivity index (χ4n) is 14.5. The number of nitrogens with one attached hydrogen (secondary N) is 3. The molecular weight excluding hydrogens is 1590 g/mol. The molecule has 3 aliphatic rings. The Hall–Kier alpha value is -12.7. The molecule has 35 heteroatoms. The summed E-state index contributed by atoms with van der Waals surface area (Å²) >= 11 is 17.7. The zero-order chi connectivity index (χ0) is 83.7. The molecule has 0 atom stereocenters. The van der Waals surface area contributed by atoms with Gasteiger partial charge in [0, 0.05) is 79.8 Å². The maximum Gasteiger partial charge on any atom is 0.309 e. The van der Waals surface area contributed by atoms with Crippen LogP contribution in [0.15, 0.2) is 148 Å². The lowest BCUT2D eigenvalue weighted by Gasteiger charge is -2.21. The van der Waals surface area contributed by atoms with Crippen LogP contribution >= 0.6 is 34.8 Å². The Balaban J connectivity index is 0.000000133. The highest BCUT2D eigenvalue weighted by Gasteiger charge is 2.34. The van der Waals surface area contributed by atoms with E-state index in [1.54, 1.807) is 65.1 Å². The molecule has 0 aromatic carbocycles. The van der Waals surface area contributed by atoms with Gasteiger partial charge in [0.15, 0.2) is 17.5 Å². The van der Waals surface area contributed by atoms with E-state index in [1.165, 1.54) is 98.5 Å². The van der Waals surface area contributed by atoms with E-state index in [2.05, 4.69) is 89.1 Å². The summed E-state index contributed by atoms with van der Waals surface area (Å²) in [4.78, 5) is 89.3. The Morgan fingerprint density at radius 3 is 1.08 bits per heavy atom. The molecule has 0 aliphatic heterocycles. The number of hydrogen-bond donors (Lipinski definition) is 5. The molecule has 0 bridgehead atoms. The van der Waals surface area contributed by atoms with Gasteiger partial charge >= 0.3 is 5.97 Å². The minimum atomic E-state index is -0.931. The minimum absolute atomic E-state index is 0.00606. The Labute approximate surface area is 692 Å². The molecular formula is C84H81Cl3F3N23O6. The van der Waals surface area contributed by atoms with Gasteiger partial charge in [-0.15, -0.1) is 0 Å². The number of fused-ring (bicyclic) bond motifs is 6. The highest BCUT2D eigenvalue weighted by atomic mass is 35.5. The number of aliphatic carboxylic acids is 1. The third-order valence-corrected chi connectivity index (χ3v) is 22.5. The number of nitriles is 1. The first-order valence-electron chi connectivity index (χ1n) is 38.6. The van der Waals surface area contributed by atoms with Gasteiger partial charge in [-0.25, -0.2) is 43.1 Å². The third-order valence-electron chi connectivity index (χ3n) is 21.6. The molecule has 119 heavy (non-hydrogen) atoms. The number of primary amides is 1. The molecule has 4 amide bonds. The number of imidazole rings is 6. The Morgan fingerprint density at radius 1 is 0.479 bits per heavy atom. The van der Waals surface area contributed by atoms with E-state index in [9.17, 15) is 47.5 Å². The van der Waals surface area contributed by atoms with E-state index < -0.39 is 39.7 Å². The highest BCUT2D eigenvalue weighted by Crippen LogP contribution is 2.44. The van der Waals surface area contributed by atoms with Crippen molar-refractivity contribution in [1.82, 2.24) is 102 Å². The molecule has 15 aromatic rings. The molecule has 0 unspecified atom stereocenters. The van der Waals surface area contributed by atoms with Crippen LogP contribution in [0.5, 0.6) is 0 Å². The van der Waals surface area contributed by atoms with Crippen LogP contribution in [-0.4, -0.2) is 120 Å². The van der Waals surface area contributed by atoms with Gasteiger partial charge in [0.25, 0.3) is 17.7 Å². The number of aromatic nitrogens is 18. The standard InChI is InChI=1S/C28H28ClFN8O2.C28H26ClFN8O.C28H27ClFN7O3/c1-28(2,27(31)40)8-17-7-18(16-3-4-16)11-37-13-20(35-25(17)37)14-38-12-19(9-34-38)26(39)32-10-22-24-23(30)21(29)5-6-36(24)15-33-22;1-28(2,15-31)8-18-7-19(17-3-4-17)11-37-13-21(35-26(18)37)14-38-12-20(9-34-38)27(39)32-10-23-25-24(30)22(29)5-6-36(25)16-33-23;1-28(2,27(39)40)8-17-7-18(16-3-4-16)11-36-13-20(34-25(17)36)14-37-12-19(9-33-37)26(38)31-10-22-24-23(30)21(29)5-6-35(24)15-32-22/h5-7,9,11-13,15-16H,3-4,8,10,14H2,1-2H3,(H2,31,40)(H,32,39);5-7,9,11-13,16-17H,3-4,8,10,14H2,1-2H3,(H,32,39);5-7,9,11-13,15-16H,3-4,8,10,14H2,1-2H3,(H,31,38)(H,39,40). The number of carboxylic acid groups (broad SMARTS) is 1. The average Bonchev–Trinajstić information content (AvgIpc) is 1.72. The van der Waals surface area contributed by atoms with Crippen LogP contribution in [0.25, 0.3) is 33.5 Å². The molecule has 0 saturated heterocycles.